The van der Waals surface area contributed by atoms with Crippen LogP contribution in [0.2, 0.25) is 0 Å². The largest absolute Gasteiger partial charge is 0.467 e. The summed E-state index contributed by atoms with van der Waals surface area (Å²) >= 11 is 1.75. The molecule has 1 fully saturated rings. The molecule has 0 aromatic carbocycles. The first-order chi connectivity index (χ1) is 12.4. The number of anilines is 1. The number of amides is 1. The molecule has 2 atom stereocenters. The molecular formula is C16H17F3N4O2S. The van der Waals surface area contributed by atoms with Crippen LogP contribution in [0.15, 0.2) is 28.9 Å². The van der Waals surface area contributed by atoms with Gasteiger partial charge in [0, 0.05) is 37.1 Å². The van der Waals surface area contributed by atoms with Crippen LogP contribution in [0.3, 0.4) is 0 Å². The number of hydrogen-bond donors (Lipinski definition) is 1. The highest BCUT2D eigenvalue weighted by Gasteiger charge is 2.47. The van der Waals surface area contributed by atoms with Crippen molar-refractivity contribution in [3.05, 3.63) is 35.9 Å². The van der Waals surface area contributed by atoms with E-state index in [9.17, 15) is 18.0 Å². The first-order valence-electron chi connectivity index (χ1n) is 8.26. The second kappa shape index (κ2) is 6.57. The molecule has 0 bridgehead atoms. The Bertz CT molecular complexity index is 784. The maximum Gasteiger partial charge on any atom is 0.410 e. The molecule has 2 aliphatic heterocycles. The third-order valence-corrected chi connectivity index (χ3v) is 5.54. The Balaban J connectivity index is 1.66. The Labute approximate surface area is 151 Å². The van der Waals surface area contributed by atoms with Crippen LogP contribution in [0, 0.1) is 0 Å². The molecule has 10 heteroatoms. The molecule has 0 spiro atoms. The number of nitrogens with zero attached hydrogens (tertiary/aromatic N) is 3. The fourth-order valence-electron chi connectivity index (χ4n) is 3.28. The SMILES string of the molecule is O=C(c1cc2n(n1)C(C(F)(F)F)CC(c1ccco1)N2)N1CCSCC1. The lowest BCUT2D eigenvalue weighted by atomic mass is 10.0. The number of fused-ring (bicyclic) bond motifs is 1. The van der Waals surface area contributed by atoms with Gasteiger partial charge in [0.05, 0.1) is 12.3 Å². The van der Waals surface area contributed by atoms with Gasteiger partial charge in [0.1, 0.15) is 11.6 Å². The van der Waals surface area contributed by atoms with E-state index < -0.39 is 18.3 Å². The molecule has 1 N–H and O–H groups in total. The van der Waals surface area contributed by atoms with Gasteiger partial charge in [0.15, 0.2) is 11.7 Å². The minimum Gasteiger partial charge on any atom is -0.467 e. The molecule has 2 aromatic rings. The quantitative estimate of drug-likeness (QED) is 0.858. The summed E-state index contributed by atoms with van der Waals surface area (Å²) in [5.41, 5.74) is 0.0359. The van der Waals surface area contributed by atoms with Crippen molar-refractivity contribution < 1.29 is 22.4 Å². The highest BCUT2D eigenvalue weighted by Crippen LogP contribution is 2.43. The number of rotatable bonds is 2. The van der Waals surface area contributed by atoms with Gasteiger partial charge in [-0.2, -0.15) is 30.0 Å². The Morgan fingerprint density at radius 2 is 2.12 bits per heavy atom. The molecule has 2 unspecified atom stereocenters. The first kappa shape index (κ1) is 17.3. The lowest BCUT2D eigenvalue weighted by molar-refractivity contribution is -0.174. The molecule has 0 aliphatic carbocycles. The average Bonchev–Trinajstić information content (AvgIpc) is 3.29. The topological polar surface area (TPSA) is 63.3 Å². The molecule has 0 radical (unpaired) electrons. The van der Waals surface area contributed by atoms with E-state index in [-0.39, 0.29) is 23.8 Å². The number of furan rings is 1. The number of halogens is 3. The molecular weight excluding hydrogens is 369 g/mol. The van der Waals surface area contributed by atoms with E-state index in [1.165, 1.54) is 12.3 Å². The van der Waals surface area contributed by atoms with Gasteiger partial charge in [-0.1, -0.05) is 0 Å². The normalized spacial score (nSPS) is 23.4. The summed E-state index contributed by atoms with van der Waals surface area (Å²) in [5, 5.41) is 7.01. The van der Waals surface area contributed by atoms with Crippen molar-refractivity contribution in [2.45, 2.75) is 24.7 Å². The molecule has 4 rings (SSSR count). The first-order valence-corrected chi connectivity index (χ1v) is 9.42. The van der Waals surface area contributed by atoms with Crippen LogP contribution in [0.5, 0.6) is 0 Å². The summed E-state index contributed by atoms with van der Waals surface area (Å²) in [6.07, 6.45) is -3.30. The Morgan fingerprint density at radius 3 is 2.77 bits per heavy atom. The van der Waals surface area contributed by atoms with Crippen LogP contribution in [-0.4, -0.2) is 51.4 Å². The molecule has 1 saturated heterocycles. The van der Waals surface area contributed by atoms with E-state index in [1.807, 2.05) is 0 Å². The van der Waals surface area contributed by atoms with Crippen molar-refractivity contribution in [1.82, 2.24) is 14.7 Å². The van der Waals surface area contributed by atoms with E-state index in [2.05, 4.69) is 10.4 Å². The highest BCUT2D eigenvalue weighted by molar-refractivity contribution is 7.99. The number of hydrogen-bond acceptors (Lipinski definition) is 5. The number of carbonyl (C=O) groups is 1. The standard InChI is InChI=1S/C16H17F3N4O2S/c17-16(18,19)13-8-10(12-2-1-5-25-12)20-14-9-11(21-23(13)14)15(24)22-3-6-26-7-4-22/h1-2,5,9-10,13,20H,3-4,6-8H2. The molecule has 4 heterocycles. The van der Waals surface area contributed by atoms with Crippen LogP contribution < -0.4 is 5.32 Å². The van der Waals surface area contributed by atoms with Crippen LogP contribution >= 0.6 is 11.8 Å². The maximum absolute atomic E-state index is 13.6. The predicted molar refractivity (Wildman–Crippen MR) is 90.2 cm³/mol. The van der Waals surface area contributed by atoms with Crippen molar-refractivity contribution >= 4 is 23.5 Å². The zero-order chi connectivity index (χ0) is 18.3. The van der Waals surface area contributed by atoms with Gasteiger partial charge >= 0.3 is 6.18 Å². The number of nitrogens with one attached hydrogen (secondary N) is 1. The van der Waals surface area contributed by atoms with Crippen molar-refractivity contribution in [2.24, 2.45) is 0 Å². The summed E-state index contributed by atoms with van der Waals surface area (Å²) in [4.78, 5) is 14.2. The number of aromatic nitrogens is 2. The van der Waals surface area contributed by atoms with Gasteiger partial charge in [0.2, 0.25) is 0 Å². The number of carbonyl (C=O) groups excluding carboxylic acids is 1. The maximum atomic E-state index is 13.6. The van der Waals surface area contributed by atoms with Gasteiger partial charge in [-0.05, 0) is 12.1 Å². The minimum atomic E-state index is -4.48. The van der Waals surface area contributed by atoms with Crippen molar-refractivity contribution in [3.8, 4) is 0 Å². The van der Waals surface area contributed by atoms with Crippen LogP contribution in [-0.2, 0) is 0 Å². The zero-order valence-electron chi connectivity index (χ0n) is 13.7. The molecule has 140 valence electrons. The average molecular weight is 386 g/mol. The number of thioether (sulfide) groups is 1. The predicted octanol–water partition coefficient (Wildman–Crippen LogP) is 3.33. The fourth-order valence-corrected chi connectivity index (χ4v) is 4.19. The number of alkyl halides is 3. The smallest absolute Gasteiger partial charge is 0.410 e. The Kier molecular flexibility index (Phi) is 4.37. The fraction of sp³-hybridized carbons (Fsp3) is 0.500. The van der Waals surface area contributed by atoms with Gasteiger partial charge in [-0.25, -0.2) is 4.68 Å². The van der Waals surface area contributed by atoms with Crippen LogP contribution in [0.4, 0.5) is 19.0 Å². The van der Waals surface area contributed by atoms with Crippen molar-refractivity contribution in [2.75, 3.05) is 29.9 Å². The molecule has 2 aromatic heterocycles. The van der Waals surface area contributed by atoms with Gasteiger partial charge < -0.3 is 14.6 Å². The minimum absolute atomic E-state index is 0.0359. The second-order valence-electron chi connectivity index (χ2n) is 6.27. The molecule has 6 nitrogen and oxygen atoms in total. The van der Waals surface area contributed by atoms with Gasteiger partial charge in [-0.3, -0.25) is 4.79 Å². The summed E-state index contributed by atoms with van der Waals surface area (Å²) < 4.78 is 46.9. The lowest BCUT2D eigenvalue weighted by Crippen LogP contribution is -2.38. The van der Waals surface area contributed by atoms with Gasteiger partial charge in [-0.15, -0.1) is 0 Å². The molecule has 2 aliphatic rings. The summed E-state index contributed by atoms with van der Waals surface area (Å²) in [6.45, 7) is 1.16. The monoisotopic (exact) mass is 386 g/mol. The zero-order valence-corrected chi connectivity index (χ0v) is 14.5. The van der Waals surface area contributed by atoms with E-state index in [0.29, 0.717) is 18.8 Å². The van der Waals surface area contributed by atoms with E-state index >= 15 is 0 Å². The second-order valence-corrected chi connectivity index (χ2v) is 7.49. The van der Waals surface area contributed by atoms with Crippen LogP contribution in [0.25, 0.3) is 0 Å². The molecule has 0 saturated carbocycles. The Hall–Kier alpha value is -2.10. The van der Waals surface area contributed by atoms with Gasteiger partial charge in [0.25, 0.3) is 5.91 Å². The third kappa shape index (κ3) is 3.17. The van der Waals surface area contributed by atoms with Crippen molar-refractivity contribution in [3.63, 3.8) is 0 Å². The van der Waals surface area contributed by atoms with E-state index in [4.69, 9.17) is 4.42 Å². The Morgan fingerprint density at radius 1 is 1.35 bits per heavy atom. The highest BCUT2D eigenvalue weighted by atomic mass is 32.2. The third-order valence-electron chi connectivity index (χ3n) is 4.59. The van der Waals surface area contributed by atoms with E-state index in [0.717, 1.165) is 16.2 Å². The molecule has 26 heavy (non-hydrogen) atoms. The lowest BCUT2D eigenvalue weighted by Gasteiger charge is -2.32. The summed E-state index contributed by atoms with van der Waals surface area (Å²) in [7, 11) is 0. The van der Waals surface area contributed by atoms with Crippen molar-refractivity contribution in [1.29, 1.82) is 0 Å². The van der Waals surface area contributed by atoms with E-state index in [1.54, 1.807) is 28.8 Å². The molecule has 1 amide bonds. The summed E-state index contributed by atoms with van der Waals surface area (Å²) in [5.74, 6) is 1.92. The van der Waals surface area contributed by atoms with Crippen LogP contribution in [0.1, 0.15) is 34.8 Å². The summed E-state index contributed by atoms with van der Waals surface area (Å²) in [6, 6.07) is 2.23.